The van der Waals surface area contributed by atoms with Crippen LogP contribution in [0.4, 0.5) is 0 Å². The monoisotopic (exact) mass is 364 g/mol. The van der Waals surface area contributed by atoms with Gasteiger partial charge in [0.05, 0.1) is 6.04 Å². The van der Waals surface area contributed by atoms with Gasteiger partial charge in [-0.25, -0.2) is 4.99 Å². The van der Waals surface area contributed by atoms with Gasteiger partial charge in [-0.15, -0.1) is 0 Å². The van der Waals surface area contributed by atoms with Gasteiger partial charge in [-0.2, -0.15) is 0 Å². The van der Waals surface area contributed by atoms with E-state index in [4.69, 9.17) is 10.7 Å². The molecule has 0 saturated heterocycles. The highest BCUT2D eigenvalue weighted by molar-refractivity contribution is 5.80. The zero-order chi connectivity index (χ0) is 18.6. The van der Waals surface area contributed by atoms with Crippen LogP contribution in [0.25, 0.3) is 0 Å². The van der Waals surface area contributed by atoms with Gasteiger partial charge in [0, 0.05) is 25.2 Å². The molecule has 2 rings (SSSR count). The molecule has 0 spiro atoms. The van der Waals surface area contributed by atoms with E-state index in [9.17, 15) is 0 Å². The Hall–Kier alpha value is -0.770. The molecule has 1 unspecified atom stereocenters. The minimum absolute atomic E-state index is 0.186. The zero-order valence-electron chi connectivity index (χ0n) is 17.5. The topological polar surface area (TPSA) is 53.6 Å². The van der Waals surface area contributed by atoms with E-state index in [1.807, 2.05) is 0 Å². The summed E-state index contributed by atoms with van der Waals surface area (Å²) in [7, 11) is 0. The maximum absolute atomic E-state index is 6.20. The highest BCUT2D eigenvalue weighted by atomic mass is 15.3. The quantitative estimate of drug-likeness (QED) is 0.350. The zero-order valence-corrected chi connectivity index (χ0v) is 17.5. The van der Waals surface area contributed by atoms with Crippen LogP contribution in [0.1, 0.15) is 104 Å². The fourth-order valence-corrected chi connectivity index (χ4v) is 4.38. The number of hydrogen-bond donors (Lipinski definition) is 2. The average molecular weight is 365 g/mol. The summed E-state index contributed by atoms with van der Waals surface area (Å²) in [6, 6.07) is 1.31. The Morgan fingerprint density at radius 2 is 1.65 bits per heavy atom. The third kappa shape index (κ3) is 8.28. The first-order valence-electron chi connectivity index (χ1n) is 11.5. The van der Waals surface area contributed by atoms with Crippen LogP contribution in [0.2, 0.25) is 0 Å². The largest absolute Gasteiger partial charge is 0.353 e. The Bertz CT molecular complexity index is 382. The molecule has 0 aromatic carbocycles. The molecule has 2 saturated carbocycles. The minimum Gasteiger partial charge on any atom is -0.353 e. The van der Waals surface area contributed by atoms with Gasteiger partial charge in [-0.3, -0.25) is 0 Å². The molecule has 2 aliphatic carbocycles. The molecule has 0 aromatic rings. The van der Waals surface area contributed by atoms with Crippen LogP contribution in [0.5, 0.6) is 0 Å². The molecule has 4 heteroatoms. The summed E-state index contributed by atoms with van der Waals surface area (Å²) in [6.07, 6.45) is 18.5. The molecule has 0 aliphatic heterocycles. The second-order valence-corrected chi connectivity index (χ2v) is 8.71. The van der Waals surface area contributed by atoms with Crippen LogP contribution in [-0.4, -0.2) is 42.1 Å². The van der Waals surface area contributed by atoms with E-state index in [1.54, 1.807) is 0 Å². The third-order valence-electron chi connectivity index (χ3n) is 5.91. The van der Waals surface area contributed by atoms with Crippen molar-refractivity contribution in [3.05, 3.63) is 0 Å². The van der Waals surface area contributed by atoms with Crippen molar-refractivity contribution in [1.82, 2.24) is 10.2 Å². The molecule has 2 aliphatic rings. The molecule has 0 heterocycles. The summed E-state index contributed by atoms with van der Waals surface area (Å²) >= 11 is 0. The summed E-state index contributed by atoms with van der Waals surface area (Å²) in [5.41, 5.74) is 6.20. The molecule has 1 atom stereocenters. The second kappa shape index (κ2) is 12.6. The van der Waals surface area contributed by atoms with Gasteiger partial charge < -0.3 is 16.0 Å². The van der Waals surface area contributed by atoms with E-state index in [-0.39, 0.29) is 6.04 Å². The first-order valence-corrected chi connectivity index (χ1v) is 11.5. The highest BCUT2D eigenvalue weighted by Crippen LogP contribution is 2.22. The number of aliphatic imine (C=N–C) groups is 1. The predicted molar refractivity (Wildman–Crippen MR) is 114 cm³/mol. The van der Waals surface area contributed by atoms with E-state index in [1.165, 1.54) is 89.9 Å². The van der Waals surface area contributed by atoms with Gasteiger partial charge in [-0.1, -0.05) is 64.7 Å². The van der Waals surface area contributed by atoms with Crippen molar-refractivity contribution in [2.45, 2.75) is 122 Å². The lowest BCUT2D eigenvalue weighted by Crippen LogP contribution is -2.50. The molecule has 3 N–H and O–H groups in total. The molecule has 0 amide bonds. The highest BCUT2D eigenvalue weighted by Gasteiger charge is 2.21. The number of nitrogens with one attached hydrogen (secondary N) is 1. The van der Waals surface area contributed by atoms with Gasteiger partial charge >= 0.3 is 0 Å². The van der Waals surface area contributed by atoms with E-state index >= 15 is 0 Å². The molecule has 2 fully saturated rings. The van der Waals surface area contributed by atoms with Crippen LogP contribution in [0.15, 0.2) is 4.99 Å². The molecule has 0 radical (unpaired) electrons. The molecule has 26 heavy (non-hydrogen) atoms. The first kappa shape index (κ1) is 21.5. The number of nitrogens with two attached hydrogens (primary N) is 1. The third-order valence-corrected chi connectivity index (χ3v) is 5.91. The second-order valence-electron chi connectivity index (χ2n) is 8.71. The Kier molecular flexibility index (Phi) is 10.4. The number of unbranched alkanes of at least 4 members (excludes halogenated alkanes) is 3. The van der Waals surface area contributed by atoms with Crippen LogP contribution in [-0.2, 0) is 0 Å². The van der Waals surface area contributed by atoms with E-state index in [2.05, 4.69) is 24.1 Å². The lowest BCUT2D eigenvalue weighted by molar-refractivity contribution is 0.337. The molecule has 0 bridgehead atoms. The first-order chi connectivity index (χ1) is 12.7. The van der Waals surface area contributed by atoms with Crippen LogP contribution in [0.3, 0.4) is 0 Å². The van der Waals surface area contributed by atoms with Gasteiger partial charge in [-0.05, 0) is 39.0 Å². The lowest BCUT2D eigenvalue weighted by atomic mass is 9.95. The van der Waals surface area contributed by atoms with Crippen molar-refractivity contribution in [2.75, 3.05) is 13.1 Å². The van der Waals surface area contributed by atoms with Crippen molar-refractivity contribution in [1.29, 1.82) is 0 Å². The number of rotatable bonds is 9. The fraction of sp³-hybridized carbons (Fsp3) is 0.955. The van der Waals surface area contributed by atoms with E-state index in [0.29, 0.717) is 12.1 Å². The van der Waals surface area contributed by atoms with Crippen molar-refractivity contribution >= 4 is 5.96 Å². The maximum atomic E-state index is 6.20. The normalized spacial score (nSPS) is 21.6. The van der Waals surface area contributed by atoms with Crippen molar-refractivity contribution < 1.29 is 0 Å². The molecule has 152 valence electrons. The fourth-order valence-electron chi connectivity index (χ4n) is 4.38. The number of nitrogens with zero attached hydrogens (tertiary/aromatic N) is 2. The summed E-state index contributed by atoms with van der Waals surface area (Å²) in [5.74, 6) is 1.16. The summed E-state index contributed by atoms with van der Waals surface area (Å²) in [5, 5.41) is 3.87. The standard InChI is InChI=1S/C22H44N4/c1-3-4-5-12-17-26(18-19(2)23)22(24-20-13-8-6-9-14-20)25-21-15-10-7-11-16-21/h19-21H,3-18,23H2,1-2H3,(H,24,25). The smallest absolute Gasteiger partial charge is 0.194 e. The molecular weight excluding hydrogens is 320 g/mol. The van der Waals surface area contributed by atoms with Gasteiger partial charge in [0.2, 0.25) is 0 Å². The van der Waals surface area contributed by atoms with E-state index in [0.717, 1.165) is 19.0 Å². The number of guanidine groups is 1. The van der Waals surface area contributed by atoms with Gasteiger partial charge in [0.15, 0.2) is 5.96 Å². The summed E-state index contributed by atoms with van der Waals surface area (Å²) < 4.78 is 0. The van der Waals surface area contributed by atoms with Crippen LogP contribution in [0, 0.1) is 0 Å². The van der Waals surface area contributed by atoms with Crippen molar-refractivity contribution in [3.8, 4) is 0 Å². The Morgan fingerprint density at radius 3 is 2.27 bits per heavy atom. The SMILES string of the molecule is CCCCCCN(CC(C)N)C(=NC1CCCCC1)NC1CCCCC1. The van der Waals surface area contributed by atoms with Crippen molar-refractivity contribution in [2.24, 2.45) is 10.7 Å². The average Bonchev–Trinajstić information content (AvgIpc) is 2.65. The van der Waals surface area contributed by atoms with Gasteiger partial charge in [0.25, 0.3) is 0 Å². The van der Waals surface area contributed by atoms with Gasteiger partial charge in [0.1, 0.15) is 0 Å². The van der Waals surface area contributed by atoms with E-state index < -0.39 is 0 Å². The minimum atomic E-state index is 0.186. The van der Waals surface area contributed by atoms with Crippen molar-refractivity contribution in [3.63, 3.8) is 0 Å². The Balaban J connectivity index is 2.05. The summed E-state index contributed by atoms with van der Waals surface area (Å²) in [4.78, 5) is 7.73. The van der Waals surface area contributed by atoms with Crippen LogP contribution < -0.4 is 11.1 Å². The lowest BCUT2D eigenvalue weighted by Gasteiger charge is -2.34. The molecular formula is C22H44N4. The maximum Gasteiger partial charge on any atom is 0.194 e. The molecule has 0 aromatic heterocycles. The Labute approximate surface area is 162 Å². The number of hydrogen-bond acceptors (Lipinski definition) is 2. The van der Waals surface area contributed by atoms with Crippen LogP contribution >= 0.6 is 0 Å². The summed E-state index contributed by atoms with van der Waals surface area (Å²) in [6.45, 7) is 6.41. The Morgan fingerprint density at radius 1 is 1.00 bits per heavy atom. The predicted octanol–water partition coefficient (Wildman–Crippen LogP) is 4.83. The molecule has 4 nitrogen and oxygen atoms in total.